The quantitative estimate of drug-likeness (QED) is 0.734. The summed E-state index contributed by atoms with van der Waals surface area (Å²) in [6.07, 6.45) is 0.644. The van der Waals surface area contributed by atoms with Crippen molar-refractivity contribution in [3.8, 4) is 0 Å². The lowest BCUT2D eigenvalue weighted by Gasteiger charge is -2.24. The van der Waals surface area contributed by atoms with Gasteiger partial charge in [0.25, 0.3) is 0 Å². The van der Waals surface area contributed by atoms with E-state index in [0.29, 0.717) is 18.9 Å². The lowest BCUT2D eigenvalue weighted by Crippen LogP contribution is -2.39. The number of hydrogen-bond donors (Lipinski definition) is 2. The Bertz CT molecular complexity index is 378. The van der Waals surface area contributed by atoms with Gasteiger partial charge in [-0.1, -0.05) is 5.10 Å². The number of nitrogens with one attached hydrogen (secondary N) is 1. The minimum absolute atomic E-state index is 0.114. The Morgan fingerprint density at radius 3 is 2.72 bits per heavy atom. The number of carbonyl (C=O) groups excluding carboxylic acids is 1. The molecule has 1 amide bonds. The van der Waals surface area contributed by atoms with E-state index in [9.17, 15) is 4.79 Å². The molecule has 2 N–H and O–H groups in total. The van der Waals surface area contributed by atoms with Crippen LogP contribution in [0, 0.1) is 6.92 Å². The highest BCUT2D eigenvalue weighted by atomic mass is 16.4. The molecule has 0 unspecified atom stereocenters. The van der Waals surface area contributed by atoms with Crippen molar-refractivity contribution in [2.24, 2.45) is 0 Å². The smallest absolute Gasteiger partial charge is 0.322 e. The van der Waals surface area contributed by atoms with E-state index in [1.807, 2.05) is 18.7 Å². The third kappa shape index (κ3) is 4.80. The molecule has 18 heavy (non-hydrogen) atoms. The SMILES string of the molecule is Cc1nnc(NC(=O)CN(CCCO)C(C)C)o1. The number of aryl methyl sites for hydroxylation is 1. The van der Waals surface area contributed by atoms with Crippen molar-refractivity contribution in [3.63, 3.8) is 0 Å². The third-order valence-corrected chi connectivity index (χ3v) is 2.45. The first-order chi connectivity index (χ1) is 8.52. The Morgan fingerprint density at radius 1 is 1.50 bits per heavy atom. The molecular formula is C11H20N4O3. The number of rotatable bonds is 7. The fourth-order valence-corrected chi connectivity index (χ4v) is 1.48. The molecule has 0 fully saturated rings. The van der Waals surface area contributed by atoms with Gasteiger partial charge in [0.15, 0.2) is 0 Å². The number of aromatic nitrogens is 2. The molecule has 0 saturated heterocycles. The van der Waals surface area contributed by atoms with E-state index in [1.165, 1.54) is 0 Å². The van der Waals surface area contributed by atoms with Crippen molar-refractivity contribution in [3.05, 3.63) is 5.89 Å². The fourth-order valence-electron chi connectivity index (χ4n) is 1.48. The second kappa shape index (κ2) is 7.07. The van der Waals surface area contributed by atoms with Crippen LogP contribution < -0.4 is 5.32 Å². The Morgan fingerprint density at radius 2 is 2.22 bits per heavy atom. The van der Waals surface area contributed by atoms with Gasteiger partial charge < -0.3 is 9.52 Å². The van der Waals surface area contributed by atoms with Gasteiger partial charge >= 0.3 is 6.01 Å². The van der Waals surface area contributed by atoms with Gasteiger partial charge in [-0.25, -0.2) is 0 Å². The molecule has 0 atom stereocenters. The number of carbonyl (C=O) groups is 1. The zero-order chi connectivity index (χ0) is 13.5. The van der Waals surface area contributed by atoms with E-state index in [4.69, 9.17) is 9.52 Å². The molecule has 0 aliphatic rings. The van der Waals surface area contributed by atoms with Crippen LogP contribution in [-0.2, 0) is 4.79 Å². The number of hydrogen-bond acceptors (Lipinski definition) is 6. The fraction of sp³-hybridized carbons (Fsp3) is 0.727. The number of nitrogens with zero attached hydrogens (tertiary/aromatic N) is 3. The molecular weight excluding hydrogens is 236 g/mol. The summed E-state index contributed by atoms with van der Waals surface area (Å²) in [6, 6.07) is 0.343. The van der Waals surface area contributed by atoms with Crippen LogP contribution in [0.3, 0.4) is 0 Å². The summed E-state index contributed by atoms with van der Waals surface area (Å²) in [6.45, 7) is 6.69. The predicted octanol–water partition coefficient (Wildman–Crippen LogP) is 0.409. The summed E-state index contributed by atoms with van der Waals surface area (Å²) in [5.74, 6) is 0.205. The lowest BCUT2D eigenvalue weighted by molar-refractivity contribution is -0.117. The van der Waals surface area contributed by atoms with Gasteiger partial charge in [0, 0.05) is 26.1 Å². The number of aliphatic hydroxyl groups is 1. The zero-order valence-corrected chi connectivity index (χ0v) is 11.0. The first kappa shape index (κ1) is 14.6. The van der Waals surface area contributed by atoms with Gasteiger partial charge in [0.1, 0.15) is 0 Å². The minimum atomic E-state index is -0.203. The highest BCUT2D eigenvalue weighted by Gasteiger charge is 2.15. The van der Waals surface area contributed by atoms with E-state index < -0.39 is 0 Å². The number of anilines is 1. The third-order valence-electron chi connectivity index (χ3n) is 2.45. The molecule has 0 spiro atoms. The summed E-state index contributed by atoms with van der Waals surface area (Å²) in [5.41, 5.74) is 0. The van der Waals surface area contributed by atoms with Crippen LogP contribution in [0.15, 0.2) is 4.42 Å². The molecule has 7 heteroatoms. The molecule has 1 aromatic rings. The normalized spacial score (nSPS) is 11.2. The van der Waals surface area contributed by atoms with E-state index >= 15 is 0 Å². The van der Waals surface area contributed by atoms with Crippen molar-refractivity contribution < 1.29 is 14.3 Å². The van der Waals surface area contributed by atoms with Gasteiger partial charge in [-0.05, 0) is 20.3 Å². The standard InChI is InChI=1S/C11H20N4O3/c1-8(2)15(5-4-6-16)7-10(17)12-11-14-13-9(3)18-11/h8,16H,4-7H2,1-3H3,(H,12,14,17). The molecule has 0 saturated carbocycles. The van der Waals surface area contributed by atoms with Gasteiger partial charge in [0.05, 0.1) is 6.54 Å². The Labute approximate surface area is 106 Å². The Hall–Kier alpha value is -1.47. The van der Waals surface area contributed by atoms with Gasteiger partial charge in [-0.2, -0.15) is 0 Å². The average Bonchev–Trinajstić information content (AvgIpc) is 2.69. The molecule has 0 radical (unpaired) electrons. The summed E-state index contributed by atoms with van der Waals surface area (Å²) >= 11 is 0. The maximum Gasteiger partial charge on any atom is 0.322 e. The minimum Gasteiger partial charge on any atom is -0.408 e. The second-order valence-corrected chi connectivity index (χ2v) is 4.32. The molecule has 1 rings (SSSR count). The Balaban J connectivity index is 2.45. The number of amides is 1. The van der Waals surface area contributed by atoms with Crippen LogP contribution >= 0.6 is 0 Å². The van der Waals surface area contributed by atoms with Crippen LogP contribution in [-0.4, -0.2) is 51.8 Å². The van der Waals surface area contributed by atoms with Gasteiger partial charge in [-0.15, -0.1) is 5.10 Å². The number of aliphatic hydroxyl groups excluding tert-OH is 1. The molecule has 1 aromatic heterocycles. The molecule has 0 bridgehead atoms. The van der Waals surface area contributed by atoms with E-state index in [0.717, 1.165) is 0 Å². The van der Waals surface area contributed by atoms with Crippen LogP contribution in [0.5, 0.6) is 0 Å². The van der Waals surface area contributed by atoms with Gasteiger partial charge in [0.2, 0.25) is 11.8 Å². The summed E-state index contributed by atoms with van der Waals surface area (Å²) in [5, 5.41) is 18.7. The summed E-state index contributed by atoms with van der Waals surface area (Å²) < 4.78 is 5.06. The lowest BCUT2D eigenvalue weighted by atomic mass is 10.3. The van der Waals surface area contributed by atoms with E-state index in [2.05, 4.69) is 15.5 Å². The molecule has 0 aromatic carbocycles. The molecule has 7 nitrogen and oxygen atoms in total. The molecule has 1 heterocycles. The van der Waals surface area contributed by atoms with Crippen molar-refractivity contribution >= 4 is 11.9 Å². The van der Waals surface area contributed by atoms with Crippen LogP contribution in [0.25, 0.3) is 0 Å². The van der Waals surface area contributed by atoms with Gasteiger partial charge in [-0.3, -0.25) is 15.0 Å². The predicted molar refractivity (Wildman–Crippen MR) is 66.1 cm³/mol. The van der Waals surface area contributed by atoms with Crippen LogP contribution in [0.1, 0.15) is 26.2 Å². The van der Waals surface area contributed by atoms with Crippen molar-refractivity contribution in [2.45, 2.75) is 33.2 Å². The molecule has 0 aliphatic carbocycles. The highest BCUT2D eigenvalue weighted by Crippen LogP contribution is 2.05. The average molecular weight is 256 g/mol. The largest absolute Gasteiger partial charge is 0.408 e. The van der Waals surface area contributed by atoms with E-state index in [1.54, 1.807) is 6.92 Å². The zero-order valence-electron chi connectivity index (χ0n) is 11.0. The van der Waals surface area contributed by atoms with Crippen LogP contribution in [0.2, 0.25) is 0 Å². The first-order valence-electron chi connectivity index (χ1n) is 5.97. The van der Waals surface area contributed by atoms with Crippen molar-refractivity contribution in [1.82, 2.24) is 15.1 Å². The highest BCUT2D eigenvalue weighted by molar-refractivity contribution is 5.90. The topological polar surface area (TPSA) is 91.5 Å². The first-order valence-corrected chi connectivity index (χ1v) is 5.97. The molecule has 0 aliphatic heterocycles. The monoisotopic (exact) mass is 256 g/mol. The van der Waals surface area contributed by atoms with E-state index in [-0.39, 0.29) is 31.1 Å². The van der Waals surface area contributed by atoms with Crippen molar-refractivity contribution in [2.75, 3.05) is 25.0 Å². The van der Waals surface area contributed by atoms with Crippen LogP contribution in [0.4, 0.5) is 6.01 Å². The summed E-state index contributed by atoms with van der Waals surface area (Å²) in [4.78, 5) is 13.7. The maximum absolute atomic E-state index is 11.8. The second-order valence-electron chi connectivity index (χ2n) is 4.32. The maximum atomic E-state index is 11.8. The van der Waals surface area contributed by atoms with Crippen molar-refractivity contribution in [1.29, 1.82) is 0 Å². The summed E-state index contributed by atoms with van der Waals surface area (Å²) in [7, 11) is 0. The molecule has 102 valence electrons. The Kier molecular flexibility index (Phi) is 5.73.